The highest BCUT2D eigenvalue weighted by Gasteiger charge is 2.10. The van der Waals surface area contributed by atoms with Crippen LogP contribution < -0.4 is 20.1 Å². The fourth-order valence-electron chi connectivity index (χ4n) is 4.17. The molecule has 0 aliphatic carbocycles. The molecule has 0 unspecified atom stereocenters. The van der Waals surface area contributed by atoms with Crippen LogP contribution in [-0.2, 0) is 9.59 Å². The first kappa shape index (κ1) is 30.2. The molecule has 0 saturated heterocycles. The second-order valence-corrected chi connectivity index (χ2v) is 11.1. The minimum atomic E-state index is -0.0231. The average molecular weight is 593 g/mol. The largest absolute Gasteiger partial charge is 0.494 e. The number of ether oxygens (including phenoxy) is 2. The predicted octanol–water partition coefficient (Wildman–Crippen LogP) is 8.04. The maximum absolute atomic E-state index is 12.3. The molecule has 2 amide bonds. The second-order valence-electron chi connectivity index (χ2n) is 9.35. The van der Waals surface area contributed by atoms with Crippen molar-refractivity contribution in [2.45, 2.75) is 58.8 Å². The number of carbonyl (C=O) groups is 2. The number of nitrogens with one attached hydrogen (secondary N) is 2. The van der Waals surface area contributed by atoms with Gasteiger partial charge in [0.15, 0.2) is 10.3 Å². The quantitative estimate of drug-likeness (QED) is 0.128. The van der Waals surface area contributed by atoms with E-state index in [0.717, 1.165) is 66.1 Å². The fraction of sp³-hybridized carbons (Fsp3) is 0.355. The number of thiazole rings is 2. The van der Waals surface area contributed by atoms with Gasteiger partial charge in [0.2, 0.25) is 11.8 Å². The molecule has 4 aromatic rings. The molecule has 0 bridgehead atoms. The van der Waals surface area contributed by atoms with Gasteiger partial charge in [-0.3, -0.25) is 9.59 Å². The van der Waals surface area contributed by atoms with Crippen LogP contribution in [0.5, 0.6) is 11.5 Å². The van der Waals surface area contributed by atoms with Gasteiger partial charge < -0.3 is 20.1 Å². The number of amides is 2. The van der Waals surface area contributed by atoms with E-state index in [2.05, 4.69) is 20.6 Å². The molecular formula is C31H36N4O4S2. The van der Waals surface area contributed by atoms with Crippen molar-refractivity contribution in [3.05, 3.63) is 59.3 Å². The van der Waals surface area contributed by atoms with Crippen LogP contribution in [0.3, 0.4) is 0 Å². The maximum atomic E-state index is 12.3. The number of nitrogens with zero attached hydrogens (tertiary/aromatic N) is 2. The van der Waals surface area contributed by atoms with Crippen LogP contribution >= 0.6 is 22.7 Å². The van der Waals surface area contributed by atoms with E-state index in [1.165, 1.54) is 22.7 Å². The molecule has 8 nitrogen and oxygen atoms in total. The standard InChI is InChI=1S/C31H36N4O4S2/c1-3-38-24-16-12-22(13-17-24)26-20-40-30(32-26)34-28(36)10-8-6-5-7-9-11-29(37)35-31-33-27(21-41-31)23-14-18-25(19-15-23)39-4-2/h12-21H,3-11H2,1-2H3,(H,32,34,36)(H,33,35,37). The molecule has 2 aromatic heterocycles. The van der Waals surface area contributed by atoms with E-state index in [0.29, 0.717) is 36.3 Å². The molecule has 10 heteroatoms. The van der Waals surface area contributed by atoms with Crippen LogP contribution in [0.4, 0.5) is 10.3 Å². The third-order valence-electron chi connectivity index (χ3n) is 6.23. The van der Waals surface area contributed by atoms with Crippen molar-refractivity contribution >= 4 is 44.8 Å². The molecule has 4 rings (SSSR count). The zero-order valence-corrected chi connectivity index (χ0v) is 25.1. The minimum Gasteiger partial charge on any atom is -0.494 e. The van der Waals surface area contributed by atoms with E-state index in [-0.39, 0.29) is 11.8 Å². The van der Waals surface area contributed by atoms with Gasteiger partial charge in [-0.05, 0) is 75.2 Å². The van der Waals surface area contributed by atoms with E-state index in [1.54, 1.807) is 0 Å². The fourth-order valence-corrected chi connectivity index (χ4v) is 5.64. The van der Waals surface area contributed by atoms with Gasteiger partial charge in [0.05, 0.1) is 24.6 Å². The van der Waals surface area contributed by atoms with E-state index in [1.807, 2.05) is 73.1 Å². The molecular weight excluding hydrogens is 556 g/mol. The summed E-state index contributed by atoms with van der Waals surface area (Å²) in [6, 6.07) is 15.6. The van der Waals surface area contributed by atoms with Crippen molar-refractivity contribution in [1.82, 2.24) is 9.97 Å². The van der Waals surface area contributed by atoms with Crippen LogP contribution in [0.2, 0.25) is 0 Å². The average Bonchev–Trinajstić information content (AvgIpc) is 3.64. The zero-order valence-electron chi connectivity index (χ0n) is 23.5. The maximum Gasteiger partial charge on any atom is 0.226 e. The van der Waals surface area contributed by atoms with Gasteiger partial charge in [0.1, 0.15) is 11.5 Å². The third-order valence-corrected chi connectivity index (χ3v) is 7.75. The van der Waals surface area contributed by atoms with Crippen molar-refractivity contribution in [2.24, 2.45) is 0 Å². The molecule has 0 aliphatic heterocycles. The highest BCUT2D eigenvalue weighted by molar-refractivity contribution is 7.14. The number of rotatable bonds is 16. The van der Waals surface area contributed by atoms with Crippen molar-refractivity contribution in [3.8, 4) is 34.0 Å². The minimum absolute atomic E-state index is 0.0231. The summed E-state index contributed by atoms with van der Waals surface area (Å²) in [6.45, 7) is 5.17. The van der Waals surface area contributed by atoms with Crippen LogP contribution in [0.1, 0.15) is 58.8 Å². The lowest BCUT2D eigenvalue weighted by molar-refractivity contribution is -0.117. The van der Waals surface area contributed by atoms with Crippen LogP contribution in [0, 0.1) is 0 Å². The summed E-state index contributed by atoms with van der Waals surface area (Å²) < 4.78 is 11.0. The Kier molecular flexibility index (Phi) is 11.7. The van der Waals surface area contributed by atoms with Crippen LogP contribution in [0.25, 0.3) is 22.5 Å². The number of benzene rings is 2. The SMILES string of the molecule is CCOc1ccc(-c2csc(NC(=O)CCCCCCCC(=O)Nc3nc(-c4ccc(OCC)cc4)cs3)n2)cc1. The van der Waals surface area contributed by atoms with Crippen molar-refractivity contribution in [1.29, 1.82) is 0 Å². The van der Waals surface area contributed by atoms with Crippen molar-refractivity contribution in [2.75, 3.05) is 23.8 Å². The zero-order chi connectivity index (χ0) is 28.9. The lowest BCUT2D eigenvalue weighted by Crippen LogP contribution is -2.11. The Hall–Kier alpha value is -3.76. The Bertz CT molecular complexity index is 1280. The first-order valence-electron chi connectivity index (χ1n) is 14.0. The Morgan fingerprint density at radius 1 is 0.634 bits per heavy atom. The lowest BCUT2D eigenvalue weighted by Gasteiger charge is -2.04. The van der Waals surface area contributed by atoms with Crippen molar-refractivity contribution in [3.63, 3.8) is 0 Å². The summed E-state index contributed by atoms with van der Waals surface area (Å²) in [6.07, 6.45) is 5.41. The molecule has 0 radical (unpaired) electrons. The first-order chi connectivity index (χ1) is 20.0. The van der Waals surface area contributed by atoms with Gasteiger partial charge in [-0.25, -0.2) is 9.97 Å². The molecule has 0 spiro atoms. The Labute approximate surface area is 249 Å². The lowest BCUT2D eigenvalue weighted by atomic mass is 10.1. The summed E-state index contributed by atoms with van der Waals surface area (Å²) >= 11 is 2.84. The van der Waals surface area contributed by atoms with E-state index < -0.39 is 0 Å². The highest BCUT2D eigenvalue weighted by atomic mass is 32.1. The van der Waals surface area contributed by atoms with E-state index in [4.69, 9.17) is 9.47 Å². The smallest absolute Gasteiger partial charge is 0.226 e. The normalized spacial score (nSPS) is 10.8. The second kappa shape index (κ2) is 15.9. The summed E-state index contributed by atoms with van der Waals surface area (Å²) in [4.78, 5) is 33.7. The summed E-state index contributed by atoms with van der Waals surface area (Å²) in [5.74, 6) is 1.61. The van der Waals surface area contributed by atoms with Gasteiger partial charge in [-0.15, -0.1) is 22.7 Å². The number of hydrogen-bond donors (Lipinski definition) is 2. The number of carbonyl (C=O) groups excluding carboxylic acids is 2. The molecule has 0 atom stereocenters. The molecule has 2 N–H and O–H groups in total. The van der Waals surface area contributed by atoms with Gasteiger partial charge in [0.25, 0.3) is 0 Å². The van der Waals surface area contributed by atoms with Gasteiger partial charge in [-0.2, -0.15) is 0 Å². The molecule has 216 valence electrons. The van der Waals surface area contributed by atoms with Gasteiger partial charge >= 0.3 is 0 Å². The Morgan fingerprint density at radius 3 is 1.41 bits per heavy atom. The number of aromatic nitrogens is 2. The molecule has 0 aliphatic rings. The molecule has 2 aromatic carbocycles. The Balaban J connectivity index is 1.07. The molecule has 0 fully saturated rings. The predicted molar refractivity (Wildman–Crippen MR) is 167 cm³/mol. The highest BCUT2D eigenvalue weighted by Crippen LogP contribution is 2.28. The Morgan fingerprint density at radius 2 is 1.02 bits per heavy atom. The number of unbranched alkanes of at least 4 members (excludes halogenated alkanes) is 4. The topological polar surface area (TPSA) is 102 Å². The van der Waals surface area contributed by atoms with Gasteiger partial charge in [-0.1, -0.05) is 19.3 Å². The summed E-state index contributed by atoms with van der Waals surface area (Å²) in [5, 5.41) is 10.9. The number of hydrogen-bond acceptors (Lipinski definition) is 8. The van der Waals surface area contributed by atoms with E-state index >= 15 is 0 Å². The van der Waals surface area contributed by atoms with Crippen LogP contribution in [0.15, 0.2) is 59.3 Å². The monoisotopic (exact) mass is 592 g/mol. The van der Waals surface area contributed by atoms with Crippen molar-refractivity contribution < 1.29 is 19.1 Å². The third kappa shape index (κ3) is 9.68. The van der Waals surface area contributed by atoms with Gasteiger partial charge in [0, 0.05) is 34.7 Å². The summed E-state index contributed by atoms with van der Waals surface area (Å²) in [5.41, 5.74) is 3.64. The first-order valence-corrected chi connectivity index (χ1v) is 15.8. The molecule has 41 heavy (non-hydrogen) atoms. The molecule has 2 heterocycles. The summed E-state index contributed by atoms with van der Waals surface area (Å²) in [7, 11) is 0. The van der Waals surface area contributed by atoms with Crippen LogP contribution in [-0.4, -0.2) is 35.0 Å². The number of anilines is 2. The van der Waals surface area contributed by atoms with E-state index in [9.17, 15) is 9.59 Å². The molecule has 0 saturated carbocycles.